The van der Waals surface area contributed by atoms with Crippen LogP contribution in [-0.4, -0.2) is 34.0 Å². The summed E-state index contributed by atoms with van der Waals surface area (Å²) >= 11 is 0. The molecule has 1 N–H and O–H groups in total. The van der Waals surface area contributed by atoms with E-state index >= 15 is 0 Å². The first kappa shape index (κ1) is 19.3. The highest BCUT2D eigenvalue weighted by molar-refractivity contribution is 5.92. The zero-order valence-electron chi connectivity index (χ0n) is 16.1. The van der Waals surface area contributed by atoms with Gasteiger partial charge in [-0.3, -0.25) is 9.69 Å². The van der Waals surface area contributed by atoms with Crippen molar-refractivity contribution in [2.75, 3.05) is 18.4 Å². The Labute approximate surface area is 168 Å². The zero-order valence-corrected chi connectivity index (χ0v) is 16.1. The van der Waals surface area contributed by atoms with Gasteiger partial charge in [-0.15, -0.1) is 0 Å². The van der Waals surface area contributed by atoms with Crippen molar-refractivity contribution in [3.8, 4) is 0 Å². The van der Waals surface area contributed by atoms with Crippen molar-refractivity contribution in [3.05, 3.63) is 77.7 Å². The van der Waals surface area contributed by atoms with Crippen LogP contribution in [0.3, 0.4) is 0 Å². The summed E-state index contributed by atoms with van der Waals surface area (Å²) in [6, 6.07) is 16.0. The lowest BCUT2D eigenvalue weighted by Crippen LogP contribution is -2.38. The molecule has 0 saturated carbocycles. The van der Waals surface area contributed by atoms with Gasteiger partial charge in [0.25, 0.3) is 0 Å². The number of carbonyl (C=O) groups excluding carboxylic acids is 1. The molecule has 0 unspecified atom stereocenters. The van der Waals surface area contributed by atoms with E-state index in [1.807, 2.05) is 30.3 Å². The van der Waals surface area contributed by atoms with Crippen molar-refractivity contribution in [2.24, 2.45) is 5.92 Å². The molecule has 1 fully saturated rings. The summed E-state index contributed by atoms with van der Waals surface area (Å²) < 4.78 is 18.6. The van der Waals surface area contributed by atoms with Gasteiger partial charge in [-0.2, -0.15) is 4.98 Å². The van der Waals surface area contributed by atoms with E-state index in [1.54, 1.807) is 12.1 Å². The maximum atomic E-state index is 13.3. The summed E-state index contributed by atoms with van der Waals surface area (Å²) in [7, 11) is 0. The zero-order chi connectivity index (χ0) is 20.1. The Hall–Kier alpha value is -3.06. The van der Waals surface area contributed by atoms with Crippen molar-refractivity contribution < 1.29 is 13.7 Å². The van der Waals surface area contributed by atoms with Gasteiger partial charge in [0, 0.05) is 11.6 Å². The van der Waals surface area contributed by atoms with E-state index in [-0.39, 0.29) is 17.6 Å². The molecule has 1 amide bonds. The molecule has 0 bridgehead atoms. The first-order chi connectivity index (χ1) is 14.2. The molecule has 4 rings (SSSR count). The molecule has 1 aliphatic rings. The van der Waals surface area contributed by atoms with Crippen molar-refractivity contribution >= 4 is 11.6 Å². The molecule has 0 spiro atoms. The predicted molar refractivity (Wildman–Crippen MR) is 107 cm³/mol. The van der Waals surface area contributed by atoms with Gasteiger partial charge in [-0.1, -0.05) is 41.6 Å². The molecule has 0 radical (unpaired) electrons. The second kappa shape index (κ2) is 8.96. The smallest absolute Gasteiger partial charge is 0.231 e. The summed E-state index contributed by atoms with van der Waals surface area (Å²) in [5, 5.41) is 6.89. The molecule has 3 aromatic rings. The first-order valence-electron chi connectivity index (χ1n) is 9.80. The third-order valence-electron chi connectivity index (χ3n) is 5.12. The fraction of sp³-hybridized carbons (Fsp3) is 0.318. The number of hydrogen-bond donors (Lipinski definition) is 1. The summed E-state index contributed by atoms with van der Waals surface area (Å²) in [6.07, 6.45) is 2.11. The number of piperidine rings is 1. The van der Waals surface area contributed by atoms with Gasteiger partial charge in [-0.25, -0.2) is 4.39 Å². The van der Waals surface area contributed by atoms with Gasteiger partial charge in [-0.05, 0) is 49.7 Å². The minimum absolute atomic E-state index is 0.0556. The maximum absolute atomic E-state index is 13.3. The molecule has 1 aromatic heterocycles. The van der Waals surface area contributed by atoms with E-state index in [9.17, 15) is 9.18 Å². The SMILES string of the molecule is O=C(Nc1cccc(F)c1)C1CCN(Cc2noc(Cc3ccccc3)n2)CC1. The van der Waals surface area contributed by atoms with Gasteiger partial charge in [0.15, 0.2) is 5.82 Å². The normalized spacial score (nSPS) is 15.3. The lowest BCUT2D eigenvalue weighted by atomic mass is 9.96. The lowest BCUT2D eigenvalue weighted by molar-refractivity contribution is -0.121. The third kappa shape index (κ3) is 5.26. The second-order valence-corrected chi connectivity index (χ2v) is 7.32. The monoisotopic (exact) mass is 394 g/mol. The molecule has 1 saturated heterocycles. The van der Waals surface area contributed by atoms with Crippen molar-refractivity contribution in [1.29, 1.82) is 0 Å². The Kier molecular flexibility index (Phi) is 5.95. The van der Waals surface area contributed by atoms with E-state index in [2.05, 4.69) is 20.4 Å². The van der Waals surface area contributed by atoms with Crippen LogP contribution in [0.1, 0.15) is 30.1 Å². The highest BCUT2D eigenvalue weighted by Crippen LogP contribution is 2.21. The number of aromatic nitrogens is 2. The Morgan fingerprint density at radius 1 is 1.14 bits per heavy atom. The molecular weight excluding hydrogens is 371 g/mol. The largest absolute Gasteiger partial charge is 0.339 e. The van der Waals surface area contributed by atoms with Crippen molar-refractivity contribution in [1.82, 2.24) is 15.0 Å². The summed E-state index contributed by atoms with van der Waals surface area (Å²) in [4.78, 5) is 19.1. The Balaban J connectivity index is 1.25. The maximum Gasteiger partial charge on any atom is 0.231 e. The minimum Gasteiger partial charge on any atom is -0.339 e. The number of amides is 1. The van der Waals surface area contributed by atoms with Crippen molar-refractivity contribution in [3.63, 3.8) is 0 Å². The number of carbonyl (C=O) groups is 1. The molecule has 2 aromatic carbocycles. The number of nitrogens with zero attached hydrogens (tertiary/aromatic N) is 3. The molecule has 1 aliphatic heterocycles. The average molecular weight is 394 g/mol. The van der Waals surface area contributed by atoms with E-state index < -0.39 is 0 Å². The van der Waals surface area contributed by atoms with Gasteiger partial charge >= 0.3 is 0 Å². The average Bonchev–Trinajstić information content (AvgIpc) is 3.16. The number of likely N-dealkylation sites (tertiary alicyclic amines) is 1. The fourth-order valence-corrected chi connectivity index (χ4v) is 3.56. The van der Waals surface area contributed by atoms with E-state index in [0.717, 1.165) is 31.5 Å². The minimum atomic E-state index is -0.357. The molecule has 0 atom stereocenters. The highest BCUT2D eigenvalue weighted by Gasteiger charge is 2.26. The Bertz CT molecular complexity index is 952. The van der Waals surface area contributed by atoms with Crippen LogP contribution in [0.25, 0.3) is 0 Å². The predicted octanol–water partition coefficient (Wildman–Crippen LogP) is 3.65. The van der Waals surface area contributed by atoms with Crippen LogP contribution in [0.4, 0.5) is 10.1 Å². The van der Waals surface area contributed by atoms with Crippen LogP contribution >= 0.6 is 0 Å². The molecule has 0 aliphatic carbocycles. The van der Waals surface area contributed by atoms with Gasteiger partial charge in [0.1, 0.15) is 5.82 Å². The first-order valence-corrected chi connectivity index (χ1v) is 9.80. The number of rotatable bonds is 6. The highest BCUT2D eigenvalue weighted by atomic mass is 19.1. The number of anilines is 1. The summed E-state index contributed by atoms with van der Waals surface area (Å²) in [5.41, 5.74) is 1.63. The summed E-state index contributed by atoms with van der Waals surface area (Å²) in [5.74, 6) is 0.784. The van der Waals surface area contributed by atoms with Crippen LogP contribution in [0.2, 0.25) is 0 Å². The standard InChI is InChI=1S/C22H23FN4O2/c23-18-7-4-8-19(14-18)24-22(28)17-9-11-27(12-10-17)15-20-25-21(29-26-20)13-16-5-2-1-3-6-16/h1-8,14,17H,9-13,15H2,(H,24,28). The van der Waals surface area contributed by atoms with E-state index in [1.165, 1.54) is 12.1 Å². The second-order valence-electron chi connectivity index (χ2n) is 7.32. The van der Waals surface area contributed by atoms with Crippen LogP contribution in [0, 0.1) is 11.7 Å². The quantitative estimate of drug-likeness (QED) is 0.691. The van der Waals surface area contributed by atoms with Crippen LogP contribution in [0.15, 0.2) is 59.1 Å². The number of nitrogens with one attached hydrogen (secondary N) is 1. The van der Waals surface area contributed by atoms with E-state index in [0.29, 0.717) is 30.4 Å². The molecule has 2 heterocycles. The lowest BCUT2D eigenvalue weighted by Gasteiger charge is -2.30. The molecule has 29 heavy (non-hydrogen) atoms. The van der Waals surface area contributed by atoms with Gasteiger partial charge in [0.2, 0.25) is 11.8 Å². The van der Waals surface area contributed by atoms with Crippen LogP contribution in [0.5, 0.6) is 0 Å². The number of halogens is 1. The molecular formula is C22H23FN4O2. The summed E-state index contributed by atoms with van der Waals surface area (Å²) in [6.45, 7) is 2.17. The van der Waals surface area contributed by atoms with Gasteiger partial charge < -0.3 is 9.84 Å². The van der Waals surface area contributed by atoms with Crippen LogP contribution in [-0.2, 0) is 17.8 Å². The number of hydrogen-bond acceptors (Lipinski definition) is 5. The van der Waals surface area contributed by atoms with Gasteiger partial charge in [0.05, 0.1) is 13.0 Å². The van der Waals surface area contributed by atoms with Crippen molar-refractivity contribution in [2.45, 2.75) is 25.8 Å². The molecule has 6 nitrogen and oxygen atoms in total. The topological polar surface area (TPSA) is 71.3 Å². The van der Waals surface area contributed by atoms with E-state index in [4.69, 9.17) is 4.52 Å². The Morgan fingerprint density at radius 2 is 1.93 bits per heavy atom. The van der Waals surface area contributed by atoms with Crippen LogP contribution < -0.4 is 5.32 Å². The molecule has 7 heteroatoms. The molecule has 150 valence electrons. The fourth-order valence-electron chi connectivity index (χ4n) is 3.56. The third-order valence-corrected chi connectivity index (χ3v) is 5.12. The Morgan fingerprint density at radius 3 is 2.69 bits per heavy atom. The number of benzene rings is 2.